The highest BCUT2D eigenvalue weighted by molar-refractivity contribution is 5.85. The summed E-state index contributed by atoms with van der Waals surface area (Å²) in [6, 6.07) is 0. The van der Waals surface area contributed by atoms with Crippen LogP contribution >= 0.6 is 12.4 Å². The molecular weight excluding hydrogens is 184 g/mol. The lowest BCUT2D eigenvalue weighted by Crippen LogP contribution is -2.21. The molecule has 1 saturated carbocycles. The Hall–Kier alpha value is 0.110. The molecule has 0 amide bonds. The number of halogens is 3. The second kappa shape index (κ2) is 3.88. The minimum Gasteiger partial charge on any atom is -0.316 e. The molecule has 1 N–H and O–H groups in total. The van der Waals surface area contributed by atoms with Gasteiger partial charge in [0.25, 0.3) is 0 Å². The third kappa shape index (κ3) is 1.88. The zero-order valence-electron chi connectivity index (χ0n) is 6.80. The maximum absolute atomic E-state index is 12.3. The van der Waals surface area contributed by atoms with Gasteiger partial charge in [0.1, 0.15) is 0 Å². The molecule has 12 heavy (non-hydrogen) atoms. The number of alkyl halides is 2. The Bertz CT molecular complexity index is 142. The Balaban J connectivity index is 0.000000720. The summed E-state index contributed by atoms with van der Waals surface area (Å²) < 4.78 is 24.7. The molecule has 72 valence electrons. The van der Waals surface area contributed by atoms with Crippen molar-refractivity contribution in [3.8, 4) is 0 Å². The summed E-state index contributed by atoms with van der Waals surface area (Å²) in [5.41, 5.74) is 0. The minimum absolute atomic E-state index is 0. The van der Waals surface area contributed by atoms with E-state index in [0.717, 1.165) is 6.54 Å². The third-order valence-corrected chi connectivity index (χ3v) is 2.86. The van der Waals surface area contributed by atoms with Crippen LogP contribution in [0.25, 0.3) is 0 Å². The lowest BCUT2D eigenvalue weighted by molar-refractivity contribution is 0.0593. The molecular formula is C8H14ClF2N. The van der Waals surface area contributed by atoms with Crippen molar-refractivity contribution in [2.24, 2.45) is 17.8 Å². The lowest BCUT2D eigenvalue weighted by atomic mass is 9.92. The zero-order chi connectivity index (χ0) is 7.84. The molecule has 0 aromatic heterocycles. The minimum atomic E-state index is -2.12. The fourth-order valence-corrected chi connectivity index (χ4v) is 2.04. The van der Waals surface area contributed by atoms with Crippen LogP contribution in [0.2, 0.25) is 0 Å². The van der Waals surface area contributed by atoms with Crippen LogP contribution in [0.5, 0.6) is 0 Å². The van der Waals surface area contributed by atoms with Crippen LogP contribution < -0.4 is 5.32 Å². The quantitative estimate of drug-likeness (QED) is 0.713. The molecule has 2 unspecified atom stereocenters. The molecule has 2 fully saturated rings. The largest absolute Gasteiger partial charge is 0.316 e. The Morgan fingerprint density at radius 2 is 1.83 bits per heavy atom. The zero-order valence-corrected chi connectivity index (χ0v) is 7.62. The van der Waals surface area contributed by atoms with Gasteiger partial charge >= 0.3 is 0 Å². The van der Waals surface area contributed by atoms with E-state index in [1.165, 1.54) is 12.8 Å². The first-order valence-corrected chi connectivity index (χ1v) is 4.28. The van der Waals surface area contributed by atoms with Crippen molar-refractivity contribution in [1.29, 1.82) is 0 Å². The number of rotatable bonds is 2. The Morgan fingerprint density at radius 3 is 2.33 bits per heavy atom. The number of hydrogen-bond donors (Lipinski definition) is 1. The average Bonchev–Trinajstić information content (AvgIpc) is 2.68. The van der Waals surface area contributed by atoms with Crippen LogP contribution in [-0.2, 0) is 0 Å². The van der Waals surface area contributed by atoms with Gasteiger partial charge in [0, 0.05) is 12.5 Å². The predicted molar refractivity (Wildman–Crippen MR) is 45.8 cm³/mol. The first kappa shape index (κ1) is 10.2. The van der Waals surface area contributed by atoms with Gasteiger partial charge in [-0.2, -0.15) is 0 Å². The summed E-state index contributed by atoms with van der Waals surface area (Å²) in [4.78, 5) is 0. The summed E-state index contributed by atoms with van der Waals surface area (Å²) in [5.74, 6) is 0.529. The monoisotopic (exact) mass is 197 g/mol. The van der Waals surface area contributed by atoms with Crippen LogP contribution in [0.1, 0.15) is 12.8 Å². The molecule has 2 atom stereocenters. The van der Waals surface area contributed by atoms with E-state index in [9.17, 15) is 8.78 Å². The van der Waals surface area contributed by atoms with Crippen LogP contribution in [-0.4, -0.2) is 19.5 Å². The second-order valence-electron chi connectivity index (χ2n) is 3.66. The van der Waals surface area contributed by atoms with Crippen LogP contribution in [0, 0.1) is 17.8 Å². The molecule has 0 radical (unpaired) electrons. The first-order valence-electron chi connectivity index (χ1n) is 4.28. The fourth-order valence-electron chi connectivity index (χ4n) is 2.04. The van der Waals surface area contributed by atoms with Crippen molar-refractivity contribution in [3.05, 3.63) is 0 Å². The van der Waals surface area contributed by atoms with Crippen molar-refractivity contribution in [3.63, 3.8) is 0 Å². The molecule has 0 spiro atoms. The van der Waals surface area contributed by atoms with Gasteiger partial charge in [-0.25, -0.2) is 8.78 Å². The highest BCUT2D eigenvalue weighted by atomic mass is 35.5. The van der Waals surface area contributed by atoms with E-state index in [2.05, 4.69) is 5.32 Å². The van der Waals surface area contributed by atoms with E-state index in [1.807, 2.05) is 0 Å². The summed E-state index contributed by atoms with van der Waals surface area (Å²) in [5, 5.41) is 3.05. The summed E-state index contributed by atoms with van der Waals surface area (Å²) in [6.07, 6.45) is 0.237. The molecule has 0 aromatic rings. The highest BCUT2D eigenvalue weighted by Gasteiger charge is 2.42. The molecule has 1 heterocycles. The molecule has 1 aliphatic carbocycles. The molecule has 2 rings (SSSR count). The van der Waals surface area contributed by atoms with Gasteiger partial charge in [-0.3, -0.25) is 0 Å². The first-order chi connectivity index (χ1) is 5.29. The summed E-state index contributed by atoms with van der Waals surface area (Å²) in [6.45, 7) is 1.35. The Morgan fingerprint density at radius 1 is 1.17 bits per heavy atom. The Kier molecular flexibility index (Phi) is 3.29. The van der Waals surface area contributed by atoms with Gasteiger partial charge in [-0.05, 0) is 31.2 Å². The number of hydrogen-bond acceptors (Lipinski definition) is 1. The van der Waals surface area contributed by atoms with Gasteiger partial charge in [-0.15, -0.1) is 12.4 Å². The van der Waals surface area contributed by atoms with Crippen molar-refractivity contribution >= 4 is 12.4 Å². The molecule has 4 heteroatoms. The third-order valence-electron chi connectivity index (χ3n) is 2.86. The van der Waals surface area contributed by atoms with Crippen LogP contribution in [0.3, 0.4) is 0 Å². The van der Waals surface area contributed by atoms with Gasteiger partial charge in [0.05, 0.1) is 0 Å². The summed E-state index contributed by atoms with van der Waals surface area (Å²) in [7, 11) is 0. The maximum Gasteiger partial charge on any atom is 0.242 e. The SMILES string of the molecule is Cl.FC(F)C1CNCC1C1CC1. The van der Waals surface area contributed by atoms with Crippen LogP contribution in [0.15, 0.2) is 0 Å². The van der Waals surface area contributed by atoms with Gasteiger partial charge in [-0.1, -0.05) is 0 Å². The molecule has 1 nitrogen and oxygen atoms in total. The smallest absolute Gasteiger partial charge is 0.242 e. The topological polar surface area (TPSA) is 12.0 Å². The molecule has 1 aliphatic heterocycles. The van der Waals surface area contributed by atoms with Crippen molar-refractivity contribution in [1.82, 2.24) is 5.32 Å². The van der Waals surface area contributed by atoms with E-state index in [4.69, 9.17) is 0 Å². The van der Waals surface area contributed by atoms with Gasteiger partial charge in [0.2, 0.25) is 6.43 Å². The summed E-state index contributed by atoms with van der Waals surface area (Å²) >= 11 is 0. The second-order valence-corrected chi connectivity index (χ2v) is 3.66. The van der Waals surface area contributed by atoms with E-state index in [0.29, 0.717) is 12.5 Å². The highest BCUT2D eigenvalue weighted by Crippen LogP contribution is 2.43. The van der Waals surface area contributed by atoms with E-state index in [-0.39, 0.29) is 24.2 Å². The molecule has 0 aromatic carbocycles. The molecule has 2 aliphatic rings. The van der Waals surface area contributed by atoms with Crippen LogP contribution in [0.4, 0.5) is 8.78 Å². The lowest BCUT2D eigenvalue weighted by Gasteiger charge is -2.16. The fraction of sp³-hybridized carbons (Fsp3) is 1.00. The Labute approximate surface area is 77.3 Å². The normalized spacial score (nSPS) is 35.2. The van der Waals surface area contributed by atoms with Crippen molar-refractivity contribution in [2.45, 2.75) is 19.3 Å². The molecule has 1 saturated heterocycles. The predicted octanol–water partition coefficient (Wildman–Crippen LogP) is 1.92. The van der Waals surface area contributed by atoms with Crippen molar-refractivity contribution in [2.75, 3.05) is 13.1 Å². The van der Waals surface area contributed by atoms with Crippen molar-refractivity contribution < 1.29 is 8.78 Å². The van der Waals surface area contributed by atoms with E-state index in [1.54, 1.807) is 0 Å². The average molecular weight is 198 g/mol. The van der Waals surface area contributed by atoms with Gasteiger partial charge in [0.15, 0.2) is 0 Å². The maximum atomic E-state index is 12.3. The van der Waals surface area contributed by atoms with E-state index >= 15 is 0 Å². The molecule has 0 bridgehead atoms. The van der Waals surface area contributed by atoms with E-state index < -0.39 is 6.43 Å². The standard InChI is InChI=1S/C8H13F2N.ClH/c9-8(10)7-4-11-3-6(7)5-1-2-5;/h5-8,11H,1-4H2;1H. The van der Waals surface area contributed by atoms with Gasteiger partial charge < -0.3 is 5.32 Å². The number of nitrogens with one attached hydrogen (secondary N) is 1.